The van der Waals surface area contributed by atoms with E-state index in [9.17, 15) is 4.79 Å². The summed E-state index contributed by atoms with van der Waals surface area (Å²) in [6.07, 6.45) is 2.55. The largest absolute Gasteiger partial charge is 0.490 e. The first-order valence-corrected chi connectivity index (χ1v) is 9.25. The summed E-state index contributed by atoms with van der Waals surface area (Å²) in [4.78, 5) is 18.0. The zero-order valence-electron chi connectivity index (χ0n) is 14.8. The minimum Gasteiger partial charge on any atom is -0.490 e. The summed E-state index contributed by atoms with van der Waals surface area (Å²) in [5.41, 5.74) is 0. The van der Waals surface area contributed by atoms with E-state index in [1.807, 2.05) is 30.0 Å². The quantitative estimate of drug-likeness (QED) is 0.400. The number of hydrogen-bond donors (Lipinski definition) is 2. The number of carbonyl (C=O) groups is 1. The summed E-state index contributed by atoms with van der Waals surface area (Å²) in [6.45, 7) is 6.31. The third-order valence-electron chi connectivity index (χ3n) is 3.86. The average Bonchev–Trinajstić information content (AvgIpc) is 3.02. The van der Waals surface area contributed by atoms with Gasteiger partial charge in [-0.05, 0) is 31.9 Å². The van der Waals surface area contributed by atoms with Crippen molar-refractivity contribution in [1.82, 2.24) is 15.5 Å². The number of amides is 1. The van der Waals surface area contributed by atoms with Gasteiger partial charge in [-0.15, -0.1) is 0 Å². The molecule has 1 aliphatic rings. The van der Waals surface area contributed by atoms with E-state index in [0.29, 0.717) is 36.9 Å². The summed E-state index contributed by atoms with van der Waals surface area (Å²) in [5, 5.41) is 7.06. The van der Waals surface area contributed by atoms with E-state index in [2.05, 4.69) is 15.6 Å². The molecule has 0 unspecified atom stereocenters. The van der Waals surface area contributed by atoms with Crippen LogP contribution in [0.1, 0.15) is 26.2 Å². The fraction of sp³-hybridized carbons (Fsp3) is 0.556. The summed E-state index contributed by atoms with van der Waals surface area (Å²) in [7, 11) is 0. The molecular formula is C18H27ClN4O2. The number of likely N-dealkylation sites (tertiary alicyclic amines) is 1. The maximum atomic E-state index is 11.6. The van der Waals surface area contributed by atoms with Crippen molar-refractivity contribution in [2.45, 2.75) is 26.2 Å². The number of halogens is 1. The van der Waals surface area contributed by atoms with Gasteiger partial charge in [0.15, 0.2) is 5.96 Å². The predicted octanol–water partition coefficient (Wildman–Crippen LogP) is 2.29. The number of benzene rings is 1. The fourth-order valence-corrected chi connectivity index (χ4v) is 2.82. The maximum Gasteiger partial charge on any atom is 0.222 e. The summed E-state index contributed by atoms with van der Waals surface area (Å²) in [6, 6.07) is 7.42. The van der Waals surface area contributed by atoms with Crippen LogP contribution < -0.4 is 15.4 Å². The predicted molar refractivity (Wildman–Crippen MR) is 101 cm³/mol. The van der Waals surface area contributed by atoms with Gasteiger partial charge in [-0.25, -0.2) is 0 Å². The van der Waals surface area contributed by atoms with E-state index in [4.69, 9.17) is 16.3 Å². The minimum atomic E-state index is 0.269. The molecule has 0 saturated carbocycles. The molecule has 0 radical (unpaired) electrons. The highest BCUT2D eigenvalue weighted by Gasteiger charge is 2.18. The lowest BCUT2D eigenvalue weighted by Gasteiger charge is -2.15. The second kappa shape index (κ2) is 10.8. The molecule has 1 aromatic rings. The highest BCUT2D eigenvalue weighted by Crippen LogP contribution is 2.22. The van der Waals surface area contributed by atoms with E-state index >= 15 is 0 Å². The number of para-hydroxylation sites is 1. The molecule has 1 heterocycles. The number of hydrogen-bond acceptors (Lipinski definition) is 3. The number of ether oxygens (including phenoxy) is 1. The second-order valence-corrected chi connectivity index (χ2v) is 6.21. The van der Waals surface area contributed by atoms with E-state index in [1.54, 1.807) is 6.07 Å². The number of guanidine groups is 1. The molecular weight excluding hydrogens is 340 g/mol. The van der Waals surface area contributed by atoms with Crippen molar-refractivity contribution in [2.24, 2.45) is 4.99 Å². The van der Waals surface area contributed by atoms with Crippen LogP contribution in [0, 0.1) is 0 Å². The molecule has 0 spiro atoms. The van der Waals surface area contributed by atoms with E-state index in [-0.39, 0.29) is 5.91 Å². The Morgan fingerprint density at radius 2 is 2.20 bits per heavy atom. The van der Waals surface area contributed by atoms with Crippen molar-refractivity contribution < 1.29 is 9.53 Å². The molecule has 6 nitrogen and oxygen atoms in total. The van der Waals surface area contributed by atoms with Crippen molar-refractivity contribution in [3.63, 3.8) is 0 Å². The molecule has 0 bridgehead atoms. The van der Waals surface area contributed by atoms with Crippen molar-refractivity contribution >= 4 is 23.5 Å². The molecule has 2 rings (SSSR count). The number of aliphatic imine (C=N–C) groups is 1. The van der Waals surface area contributed by atoms with Crippen LogP contribution in [0.2, 0.25) is 5.02 Å². The molecule has 138 valence electrons. The molecule has 0 aromatic heterocycles. The summed E-state index contributed by atoms with van der Waals surface area (Å²) in [5.74, 6) is 1.71. The average molecular weight is 367 g/mol. The van der Waals surface area contributed by atoms with Crippen LogP contribution in [-0.4, -0.2) is 56.1 Å². The first-order valence-electron chi connectivity index (χ1n) is 8.88. The van der Waals surface area contributed by atoms with Crippen molar-refractivity contribution in [3.8, 4) is 5.75 Å². The van der Waals surface area contributed by atoms with Gasteiger partial charge in [0.05, 0.1) is 11.6 Å². The summed E-state index contributed by atoms with van der Waals surface area (Å²) >= 11 is 6.05. The van der Waals surface area contributed by atoms with Crippen LogP contribution in [0.15, 0.2) is 29.3 Å². The van der Waals surface area contributed by atoms with E-state index in [0.717, 1.165) is 38.4 Å². The Morgan fingerprint density at radius 3 is 2.92 bits per heavy atom. The number of carbonyl (C=O) groups excluding carboxylic acids is 1. The Morgan fingerprint density at radius 1 is 1.36 bits per heavy atom. The van der Waals surface area contributed by atoms with Gasteiger partial charge in [0.25, 0.3) is 0 Å². The Kier molecular flexibility index (Phi) is 8.39. The van der Waals surface area contributed by atoms with Gasteiger partial charge in [-0.1, -0.05) is 23.7 Å². The van der Waals surface area contributed by atoms with Gasteiger partial charge in [0.1, 0.15) is 12.4 Å². The molecule has 1 aliphatic heterocycles. The molecule has 2 N–H and O–H groups in total. The third kappa shape index (κ3) is 6.82. The van der Waals surface area contributed by atoms with Crippen molar-refractivity contribution in [1.29, 1.82) is 0 Å². The Bertz CT molecular complexity index is 580. The molecule has 7 heteroatoms. The third-order valence-corrected chi connectivity index (χ3v) is 4.17. The summed E-state index contributed by atoms with van der Waals surface area (Å²) < 4.78 is 5.65. The van der Waals surface area contributed by atoms with Gasteiger partial charge in [-0.2, -0.15) is 0 Å². The topological polar surface area (TPSA) is 66.0 Å². The van der Waals surface area contributed by atoms with Gasteiger partial charge in [-0.3, -0.25) is 9.79 Å². The van der Waals surface area contributed by atoms with Crippen LogP contribution in [0.4, 0.5) is 0 Å². The fourth-order valence-electron chi connectivity index (χ4n) is 2.63. The standard InChI is InChI=1S/C18H27ClN4O2/c1-2-20-18(21-10-6-13-23-12-5-9-17(23)24)22-11-14-25-16-8-4-3-7-15(16)19/h3-4,7-8H,2,5-6,9-14H2,1H3,(H2,20,21,22). The van der Waals surface area contributed by atoms with Crippen LogP contribution in [-0.2, 0) is 4.79 Å². The zero-order valence-corrected chi connectivity index (χ0v) is 15.5. The molecule has 1 fully saturated rings. The Labute approximate surface area is 154 Å². The maximum absolute atomic E-state index is 11.6. The number of nitrogens with zero attached hydrogens (tertiary/aromatic N) is 2. The lowest BCUT2D eigenvalue weighted by Crippen LogP contribution is -2.39. The van der Waals surface area contributed by atoms with Crippen molar-refractivity contribution in [2.75, 3.05) is 39.3 Å². The monoisotopic (exact) mass is 366 g/mol. The van der Waals surface area contributed by atoms with E-state index < -0.39 is 0 Å². The van der Waals surface area contributed by atoms with Crippen LogP contribution >= 0.6 is 11.6 Å². The Balaban J connectivity index is 1.66. The lowest BCUT2D eigenvalue weighted by molar-refractivity contribution is -0.127. The highest BCUT2D eigenvalue weighted by molar-refractivity contribution is 6.32. The van der Waals surface area contributed by atoms with Crippen LogP contribution in [0.3, 0.4) is 0 Å². The van der Waals surface area contributed by atoms with Gasteiger partial charge < -0.3 is 20.3 Å². The van der Waals surface area contributed by atoms with Crippen LogP contribution in [0.25, 0.3) is 0 Å². The lowest BCUT2D eigenvalue weighted by atomic mass is 10.3. The number of nitrogens with one attached hydrogen (secondary N) is 2. The highest BCUT2D eigenvalue weighted by atomic mass is 35.5. The molecule has 1 aromatic carbocycles. The molecule has 1 saturated heterocycles. The first-order chi connectivity index (χ1) is 12.2. The Hall–Kier alpha value is -1.95. The van der Waals surface area contributed by atoms with Crippen LogP contribution in [0.5, 0.6) is 5.75 Å². The minimum absolute atomic E-state index is 0.269. The van der Waals surface area contributed by atoms with Crippen molar-refractivity contribution in [3.05, 3.63) is 29.3 Å². The second-order valence-electron chi connectivity index (χ2n) is 5.80. The van der Waals surface area contributed by atoms with Gasteiger partial charge in [0, 0.05) is 32.6 Å². The molecule has 1 amide bonds. The normalized spacial score (nSPS) is 14.7. The number of rotatable bonds is 9. The zero-order chi connectivity index (χ0) is 17.9. The molecule has 25 heavy (non-hydrogen) atoms. The molecule has 0 aliphatic carbocycles. The van der Waals surface area contributed by atoms with E-state index in [1.165, 1.54) is 0 Å². The molecule has 0 atom stereocenters. The SMILES string of the molecule is CCNC(=NCCCN1CCCC1=O)NCCOc1ccccc1Cl. The first kappa shape index (κ1) is 19.4. The van der Waals surface area contributed by atoms with Gasteiger partial charge >= 0.3 is 0 Å². The smallest absolute Gasteiger partial charge is 0.222 e. The van der Waals surface area contributed by atoms with Gasteiger partial charge in [0.2, 0.25) is 5.91 Å².